The molecule has 0 aliphatic carbocycles. The average Bonchev–Trinajstić information content (AvgIpc) is 3.04. The Morgan fingerprint density at radius 1 is 1.32 bits per heavy atom. The van der Waals surface area contributed by atoms with Crippen molar-refractivity contribution in [2.75, 3.05) is 19.3 Å². The second kappa shape index (κ2) is 7.21. The van der Waals surface area contributed by atoms with Gasteiger partial charge < -0.3 is 0 Å². The molecule has 1 saturated heterocycles. The lowest BCUT2D eigenvalue weighted by molar-refractivity contribution is 0.265. The summed E-state index contributed by atoms with van der Waals surface area (Å²) in [5.41, 5.74) is 2.65. The van der Waals surface area contributed by atoms with E-state index >= 15 is 0 Å². The standard InChI is InChI=1S/C17H25N5O2S/c1-13(2)22-17(6-7-19-22)16-11-18-10-15(20-16)9-14-5-4-8-21(12-14)25(3,23)24/h6-7,10-11,13-14H,4-5,8-9,12H2,1-3H3/t14-/m0/s1. The second-order valence-corrected chi connectivity index (χ2v) is 8.97. The highest BCUT2D eigenvalue weighted by Gasteiger charge is 2.26. The SMILES string of the molecule is CC(C)n1nccc1-c1cncc(C[C@@H]2CCCN(S(C)(=O)=O)C2)n1. The fourth-order valence-electron chi connectivity index (χ4n) is 3.35. The highest BCUT2D eigenvalue weighted by Crippen LogP contribution is 2.24. The molecule has 0 amide bonds. The van der Waals surface area contributed by atoms with Crippen LogP contribution >= 0.6 is 0 Å². The number of aromatic nitrogens is 4. The Bertz CT molecular complexity index is 831. The predicted octanol–water partition coefficient (Wildman–Crippen LogP) is 2.14. The van der Waals surface area contributed by atoms with E-state index in [-0.39, 0.29) is 12.0 Å². The third-order valence-corrected chi connectivity index (χ3v) is 5.82. The van der Waals surface area contributed by atoms with Crippen molar-refractivity contribution in [2.45, 2.75) is 39.2 Å². The van der Waals surface area contributed by atoms with Crippen molar-refractivity contribution in [3.8, 4) is 11.4 Å². The molecule has 0 saturated carbocycles. The Morgan fingerprint density at radius 3 is 2.84 bits per heavy atom. The maximum absolute atomic E-state index is 11.8. The summed E-state index contributed by atoms with van der Waals surface area (Å²) >= 11 is 0. The summed E-state index contributed by atoms with van der Waals surface area (Å²) < 4.78 is 27.1. The summed E-state index contributed by atoms with van der Waals surface area (Å²) in [5, 5.41) is 4.35. The summed E-state index contributed by atoms with van der Waals surface area (Å²) in [5.74, 6) is 0.281. The van der Waals surface area contributed by atoms with E-state index in [9.17, 15) is 8.42 Å². The highest BCUT2D eigenvalue weighted by atomic mass is 32.2. The molecule has 0 unspecified atom stereocenters. The molecule has 1 fully saturated rings. The Balaban J connectivity index is 1.77. The molecule has 1 atom stereocenters. The van der Waals surface area contributed by atoms with Gasteiger partial charge in [-0.2, -0.15) is 5.10 Å². The van der Waals surface area contributed by atoms with E-state index in [1.807, 2.05) is 10.7 Å². The Hall–Kier alpha value is -1.80. The third-order valence-electron chi connectivity index (χ3n) is 4.55. The fourth-order valence-corrected chi connectivity index (χ4v) is 4.29. The first kappa shape index (κ1) is 18.0. The average molecular weight is 363 g/mol. The zero-order valence-electron chi connectivity index (χ0n) is 15.0. The first-order valence-electron chi connectivity index (χ1n) is 8.64. The zero-order valence-corrected chi connectivity index (χ0v) is 15.8. The molecule has 3 heterocycles. The number of piperidine rings is 1. The van der Waals surface area contributed by atoms with Crippen LogP contribution in [0.25, 0.3) is 11.4 Å². The van der Waals surface area contributed by atoms with Crippen LogP contribution in [0.2, 0.25) is 0 Å². The van der Waals surface area contributed by atoms with Gasteiger partial charge in [-0.05, 0) is 45.1 Å². The molecule has 2 aromatic heterocycles. The maximum atomic E-state index is 11.8. The number of hydrogen-bond donors (Lipinski definition) is 0. The smallest absolute Gasteiger partial charge is 0.211 e. The van der Waals surface area contributed by atoms with Gasteiger partial charge in [0, 0.05) is 31.5 Å². The van der Waals surface area contributed by atoms with Crippen molar-refractivity contribution in [2.24, 2.45) is 5.92 Å². The Morgan fingerprint density at radius 2 is 2.12 bits per heavy atom. The highest BCUT2D eigenvalue weighted by molar-refractivity contribution is 7.88. The van der Waals surface area contributed by atoms with E-state index in [0.29, 0.717) is 13.1 Å². The van der Waals surface area contributed by atoms with Crippen LogP contribution < -0.4 is 0 Å². The van der Waals surface area contributed by atoms with Gasteiger partial charge in [0.2, 0.25) is 10.0 Å². The molecular weight excluding hydrogens is 338 g/mol. The van der Waals surface area contributed by atoms with E-state index in [4.69, 9.17) is 4.98 Å². The largest absolute Gasteiger partial charge is 0.261 e. The summed E-state index contributed by atoms with van der Waals surface area (Å²) in [6, 6.07) is 2.19. The molecule has 25 heavy (non-hydrogen) atoms. The van der Waals surface area contributed by atoms with Gasteiger partial charge in [0.1, 0.15) is 5.69 Å². The van der Waals surface area contributed by atoms with Crippen LogP contribution in [0.1, 0.15) is 38.4 Å². The minimum atomic E-state index is -3.12. The molecule has 0 aromatic carbocycles. The van der Waals surface area contributed by atoms with E-state index in [1.165, 1.54) is 6.26 Å². The van der Waals surface area contributed by atoms with Gasteiger partial charge in [-0.15, -0.1) is 0 Å². The molecule has 136 valence electrons. The van der Waals surface area contributed by atoms with Crippen molar-refractivity contribution >= 4 is 10.0 Å². The number of rotatable bonds is 5. The van der Waals surface area contributed by atoms with Gasteiger partial charge in [-0.1, -0.05) is 0 Å². The number of hydrogen-bond acceptors (Lipinski definition) is 5. The lowest BCUT2D eigenvalue weighted by Gasteiger charge is -2.30. The van der Waals surface area contributed by atoms with E-state index < -0.39 is 10.0 Å². The molecule has 7 nitrogen and oxygen atoms in total. The van der Waals surface area contributed by atoms with Crippen molar-refractivity contribution in [3.05, 3.63) is 30.4 Å². The van der Waals surface area contributed by atoms with Crippen LogP contribution in [0, 0.1) is 5.92 Å². The maximum Gasteiger partial charge on any atom is 0.211 e. The van der Waals surface area contributed by atoms with Crippen LogP contribution in [-0.2, 0) is 16.4 Å². The zero-order chi connectivity index (χ0) is 18.0. The number of sulfonamides is 1. The van der Waals surface area contributed by atoms with Crippen LogP contribution in [0.5, 0.6) is 0 Å². The van der Waals surface area contributed by atoms with E-state index in [2.05, 4.69) is 23.9 Å². The minimum Gasteiger partial charge on any atom is -0.261 e. The van der Waals surface area contributed by atoms with Gasteiger partial charge in [-0.3, -0.25) is 9.67 Å². The monoisotopic (exact) mass is 363 g/mol. The first-order valence-corrected chi connectivity index (χ1v) is 10.5. The van der Waals surface area contributed by atoms with Crippen LogP contribution in [0.15, 0.2) is 24.7 Å². The van der Waals surface area contributed by atoms with Crippen molar-refractivity contribution in [1.29, 1.82) is 0 Å². The van der Waals surface area contributed by atoms with Crippen LogP contribution in [0.4, 0.5) is 0 Å². The summed E-state index contributed by atoms with van der Waals surface area (Å²) in [6.45, 7) is 5.34. The normalized spacial score (nSPS) is 19.4. The summed E-state index contributed by atoms with van der Waals surface area (Å²) in [7, 11) is -3.12. The second-order valence-electron chi connectivity index (χ2n) is 6.98. The lowest BCUT2D eigenvalue weighted by Crippen LogP contribution is -2.39. The Kier molecular flexibility index (Phi) is 5.19. The van der Waals surface area contributed by atoms with Crippen molar-refractivity contribution < 1.29 is 8.42 Å². The lowest BCUT2D eigenvalue weighted by atomic mass is 9.95. The van der Waals surface area contributed by atoms with Gasteiger partial charge in [0.25, 0.3) is 0 Å². The molecular formula is C17H25N5O2S. The predicted molar refractivity (Wildman–Crippen MR) is 96.5 cm³/mol. The van der Waals surface area contributed by atoms with Crippen molar-refractivity contribution in [1.82, 2.24) is 24.1 Å². The van der Waals surface area contributed by atoms with E-state index in [0.717, 1.165) is 36.3 Å². The quantitative estimate of drug-likeness (QED) is 0.813. The topological polar surface area (TPSA) is 81.0 Å². The molecule has 3 rings (SSSR count). The van der Waals surface area contributed by atoms with Gasteiger partial charge >= 0.3 is 0 Å². The molecule has 2 aromatic rings. The Labute approximate surface area is 149 Å². The minimum absolute atomic E-state index is 0.247. The molecule has 0 bridgehead atoms. The number of nitrogens with zero attached hydrogens (tertiary/aromatic N) is 5. The van der Waals surface area contributed by atoms with Crippen LogP contribution in [0.3, 0.4) is 0 Å². The molecule has 0 N–H and O–H groups in total. The van der Waals surface area contributed by atoms with Crippen LogP contribution in [-0.4, -0.2) is 51.8 Å². The molecule has 1 aliphatic heterocycles. The molecule has 8 heteroatoms. The van der Waals surface area contributed by atoms with Gasteiger partial charge in [0.05, 0.1) is 23.8 Å². The summed E-state index contributed by atoms with van der Waals surface area (Å²) in [6.07, 6.45) is 9.23. The van der Waals surface area contributed by atoms with Crippen molar-refractivity contribution in [3.63, 3.8) is 0 Å². The van der Waals surface area contributed by atoms with Gasteiger partial charge in [0.15, 0.2) is 0 Å². The van der Waals surface area contributed by atoms with Gasteiger partial charge in [-0.25, -0.2) is 17.7 Å². The first-order chi connectivity index (χ1) is 11.8. The third kappa shape index (κ3) is 4.24. The molecule has 1 aliphatic rings. The van der Waals surface area contributed by atoms with E-state index in [1.54, 1.807) is 22.9 Å². The molecule has 0 spiro atoms. The fraction of sp³-hybridized carbons (Fsp3) is 0.588. The molecule has 0 radical (unpaired) electrons. The summed E-state index contributed by atoms with van der Waals surface area (Å²) in [4.78, 5) is 9.09.